The molecule has 15 heavy (non-hydrogen) atoms. The summed E-state index contributed by atoms with van der Waals surface area (Å²) >= 11 is 0. The second-order valence-electron chi connectivity index (χ2n) is 5.12. The molecule has 88 valence electrons. The molecule has 2 unspecified atom stereocenters. The third-order valence-electron chi connectivity index (χ3n) is 2.74. The van der Waals surface area contributed by atoms with E-state index < -0.39 is 0 Å². The van der Waals surface area contributed by atoms with Crippen LogP contribution < -0.4 is 5.32 Å². The predicted molar refractivity (Wildman–Crippen MR) is 57.4 cm³/mol. The highest BCUT2D eigenvalue weighted by Gasteiger charge is 2.29. The van der Waals surface area contributed by atoms with Gasteiger partial charge < -0.3 is 15.2 Å². The van der Waals surface area contributed by atoms with Crippen molar-refractivity contribution in [3.8, 4) is 0 Å². The van der Waals surface area contributed by atoms with E-state index in [0.717, 1.165) is 6.42 Å². The van der Waals surface area contributed by atoms with Gasteiger partial charge in [0.2, 0.25) is 5.91 Å². The second-order valence-corrected chi connectivity index (χ2v) is 5.12. The van der Waals surface area contributed by atoms with Crippen LogP contribution in [0.25, 0.3) is 0 Å². The number of carbonyl (C=O) groups excluding carboxylic acids is 1. The summed E-state index contributed by atoms with van der Waals surface area (Å²) in [4.78, 5) is 11.7. The number of amides is 1. The van der Waals surface area contributed by atoms with Crippen molar-refractivity contribution in [1.82, 2.24) is 5.32 Å². The third-order valence-corrected chi connectivity index (χ3v) is 2.74. The molecule has 0 aromatic carbocycles. The molecule has 1 heterocycles. The zero-order chi connectivity index (χ0) is 11.5. The maximum atomic E-state index is 11.7. The Morgan fingerprint density at radius 2 is 2.27 bits per heavy atom. The van der Waals surface area contributed by atoms with E-state index in [1.54, 1.807) is 0 Å². The fourth-order valence-electron chi connectivity index (χ4n) is 1.53. The minimum Gasteiger partial charge on any atom is -0.396 e. The van der Waals surface area contributed by atoms with Gasteiger partial charge in [0.15, 0.2) is 0 Å². The average Bonchev–Trinajstić information content (AvgIpc) is 2.61. The molecule has 4 nitrogen and oxygen atoms in total. The first kappa shape index (κ1) is 12.5. The zero-order valence-corrected chi connectivity index (χ0v) is 9.75. The molecule has 0 radical (unpaired) electrons. The fraction of sp³-hybridized carbons (Fsp3) is 0.909. The highest BCUT2D eigenvalue weighted by atomic mass is 16.5. The highest BCUT2D eigenvalue weighted by Crippen LogP contribution is 2.19. The lowest BCUT2D eigenvalue weighted by molar-refractivity contribution is -0.125. The van der Waals surface area contributed by atoms with Gasteiger partial charge in [0, 0.05) is 18.6 Å². The highest BCUT2D eigenvalue weighted by molar-refractivity contribution is 5.79. The van der Waals surface area contributed by atoms with E-state index in [1.165, 1.54) is 0 Å². The van der Waals surface area contributed by atoms with Crippen molar-refractivity contribution in [2.75, 3.05) is 19.8 Å². The summed E-state index contributed by atoms with van der Waals surface area (Å²) in [6.45, 7) is 6.91. The largest absolute Gasteiger partial charge is 0.396 e. The van der Waals surface area contributed by atoms with Crippen molar-refractivity contribution in [1.29, 1.82) is 0 Å². The summed E-state index contributed by atoms with van der Waals surface area (Å²) in [6.07, 6.45) is 0.984. The zero-order valence-electron chi connectivity index (χ0n) is 9.75. The maximum Gasteiger partial charge on any atom is 0.225 e. The third kappa shape index (κ3) is 3.80. The number of hydrogen-bond acceptors (Lipinski definition) is 3. The molecular formula is C11H21NO3. The number of ether oxygens (including phenoxy) is 1. The van der Waals surface area contributed by atoms with Crippen molar-refractivity contribution >= 4 is 5.91 Å². The summed E-state index contributed by atoms with van der Waals surface area (Å²) in [7, 11) is 0. The van der Waals surface area contributed by atoms with Crippen molar-refractivity contribution in [2.24, 2.45) is 11.3 Å². The van der Waals surface area contributed by atoms with Crippen LogP contribution >= 0.6 is 0 Å². The molecule has 0 bridgehead atoms. The quantitative estimate of drug-likeness (QED) is 0.720. The van der Waals surface area contributed by atoms with Crippen molar-refractivity contribution in [3.63, 3.8) is 0 Å². The lowest BCUT2D eigenvalue weighted by atomic mass is 9.94. The summed E-state index contributed by atoms with van der Waals surface area (Å²) in [5, 5.41) is 11.9. The van der Waals surface area contributed by atoms with Crippen molar-refractivity contribution in [2.45, 2.75) is 33.3 Å². The summed E-state index contributed by atoms with van der Waals surface area (Å²) in [6, 6.07) is 0. The number of carbonyl (C=O) groups is 1. The topological polar surface area (TPSA) is 58.6 Å². The van der Waals surface area contributed by atoms with Crippen molar-refractivity contribution < 1.29 is 14.6 Å². The number of hydrogen-bond donors (Lipinski definition) is 2. The smallest absolute Gasteiger partial charge is 0.225 e. The minimum absolute atomic E-state index is 0.0190. The predicted octanol–water partition coefficient (Wildman–Crippen LogP) is 0.546. The Morgan fingerprint density at radius 1 is 1.60 bits per heavy atom. The van der Waals surface area contributed by atoms with Crippen LogP contribution in [0, 0.1) is 11.3 Å². The molecule has 2 atom stereocenters. The van der Waals surface area contributed by atoms with Crippen molar-refractivity contribution in [3.05, 3.63) is 0 Å². The van der Waals surface area contributed by atoms with Crippen LogP contribution in [0.5, 0.6) is 0 Å². The van der Waals surface area contributed by atoms with E-state index in [4.69, 9.17) is 9.84 Å². The molecule has 0 aliphatic carbocycles. The van der Waals surface area contributed by atoms with E-state index in [0.29, 0.717) is 13.2 Å². The Labute approximate surface area is 91.0 Å². The number of rotatable bonds is 4. The van der Waals surface area contributed by atoms with E-state index in [9.17, 15) is 4.79 Å². The first-order valence-electron chi connectivity index (χ1n) is 5.45. The maximum absolute atomic E-state index is 11.7. The molecule has 0 aromatic rings. The SMILES string of the molecule is CC1CC(C(=O)NCC(C)(C)CO)CO1. The van der Waals surface area contributed by atoms with E-state index in [2.05, 4.69) is 5.32 Å². The second kappa shape index (κ2) is 4.94. The first-order chi connectivity index (χ1) is 6.94. The lowest BCUT2D eigenvalue weighted by Gasteiger charge is -2.22. The van der Waals surface area contributed by atoms with E-state index >= 15 is 0 Å². The summed E-state index contributed by atoms with van der Waals surface area (Å²) in [5.41, 5.74) is -0.249. The molecule has 1 rings (SSSR count). The van der Waals surface area contributed by atoms with Gasteiger partial charge in [0.1, 0.15) is 0 Å². The summed E-state index contributed by atoms with van der Waals surface area (Å²) in [5.74, 6) is 0.0235. The fourth-order valence-corrected chi connectivity index (χ4v) is 1.53. The van der Waals surface area contributed by atoms with Gasteiger partial charge in [0.05, 0.1) is 18.6 Å². The van der Waals surface area contributed by atoms with E-state index in [-0.39, 0.29) is 30.0 Å². The van der Waals surface area contributed by atoms with Gasteiger partial charge in [-0.25, -0.2) is 0 Å². The monoisotopic (exact) mass is 215 g/mol. The van der Waals surface area contributed by atoms with Crippen LogP contribution in [0.3, 0.4) is 0 Å². The van der Waals surface area contributed by atoms with Gasteiger partial charge >= 0.3 is 0 Å². The van der Waals surface area contributed by atoms with Gasteiger partial charge in [-0.05, 0) is 13.3 Å². The molecule has 1 fully saturated rings. The number of aliphatic hydroxyl groups excluding tert-OH is 1. The molecule has 0 saturated carbocycles. The van der Waals surface area contributed by atoms with Gasteiger partial charge in [-0.1, -0.05) is 13.8 Å². The average molecular weight is 215 g/mol. The van der Waals surface area contributed by atoms with Gasteiger partial charge in [0.25, 0.3) is 0 Å². The Balaban J connectivity index is 2.30. The van der Waals surface area contributed by atoms with Gasteiger partial charge in [-0.2, -0.15) is 0 Å². The normalized spacial score (nSPS) is 26.7. The van der Waals surface area contributed by atoms with Crippen LogP contribution in [0.1, 0.15) is 27.2 Å². The first-order valence-corrected chi connectivity index (χ1v) is 5.45. The Kier molecular flexibility index (Phi) is 4.11. The Hall–Kier alpha value is -0.610. The van der Waals surface area contributed by atoms with Crippen LogP contribution in [0.2, 0.25) is 0 Å². The van der Waals surface area contributed by atoms with Gasteiger partial charge in [-0.3, -0.25) is 4.79 Å². The summed E-state index contributed by atoms with van der Waals surface area (Å²) < 4.78 is 5.33. The Bertz CT molecular complexity index is 228. The van der Waals surface area contributed by atoms with Crippen LogP contribution in [-0.4, -0.2) is 36.9 Å². The van der Waals surface area contributed by atoms with Crippen LogP contribution in [0.15, 0.2) is 0 Å². The molecule has 1 aliphatic heterocycles. The Morgan fingerprint density at radius 3 is 2.73 bits per heavy atom. The molecule has 1 amide bonds. The number of aliphatic hydroxyl groups is 1. The molecule has 0 spiro atoms. The molecule has 4 heteroatoms. The molecular weight excluding hydrogens is 194 g/mol. The lowest BCUT2D eigenvalue weighted by Crippen LogP contribution is -2.39. The molecule has 1 saturated heterocycles. The van der Waals surface area contributed by atoms with Crippen LogP contribution in [-0.2, 0) is 9.53 Å². The standard InChI is InChI=1S/C11H21NO3/c1-8-4-9(5-15-8)10(14)12-6-11(2,3)7-13/h8-9,13H,4-7H2,1-3H3,(H,12,14). The molecule has 0 aromatic heterocycles. The van der Waals surface area contributed by atoms with Crippen LogP contribution in [0.4, 0.5) is 0 Å². The molecule has 1 aliphatic rings. The molecule has 2 N–H and O–H groups in total. The minimum atomic E-state index is -0.249. The number of nitrogens with one attached hydrogen (secondary N) is 1. The van der Waals surface area contributed by atoms with E-state index in [1.807, 2.05) is 20.8 Å². The van der Waals surface area contributed by atoms with Gasteiger partial charge in [-0.15, -0.1) is 0 Å².